The first kappa shape index (κ1) is 14.2. The van der Waals surface area contributed by atoms with Gasteiger partial charge in [-0.25, -0.2) is 0 Å². The third-order valence-corrected chi connectivity index (χ3v) is 3.30. The number of carboxylic acids is 1. The van der Waals surface area contributed by atoms with Gasteiger partial charge in [0.1, 0.15) is 0 Å². The van der Waals surface area contributed by atoms with Crippen molar-refractivity contribution in [2.24, 2.45) is 5.92 Å². The first-order valence-electron chi connectivity index (χ1n) is 6.78. The number of hydrogen-bond donors (Lipinski definition) is 1. The highest BCUT2D eigenvalue weighted by atomic mass is 16.4. The minimum atomic E-state index is -0.739. The van der Waals surface area contributed by atoms with Gasteiger partial charge in [-0.2, -0.15) is 0 Å². The monoisotopic (exact) mass is 270 g/mol. The number of rotatable bonds is 7. The maximum Gasteiger partial charge on any atom is 0.306 e. The summed E-state index contributed by atoms with van der Waals surface area (Å²) in [7, 11) is 0. The molecule has 4 nitrogen and oxygen atoms in total. The molecule has 0 amide bonds. The molecular formula is C16H18N2O2. The van der Waals surface area contributed by atoms with Crippen LogP contribution in [0.1, 0.15) is 24.2 Å². The summed E-state index contributed by atoms with van der Waals surface area (Å²) in [5.41, 5.74) is 1.88. The Morgan fingerprint density at radius 2 is 1.45 bits per heavy atom. The highest BCUT2D eigenvalue weighted by Crippen LogP contribution is 2.15. The third kappa shape index (κ3) is 4.46. The fourth-order valence-corrected chi connectivity index (χ4v) is 2.13. The minimum absolute atomic E-state index is 0.348. The summed E-state index contributed by atoms with van der Waals surface area (Å²) in [5, 5.41) is 9.29. The Bertz CT molecular complexity index is 485. The zero-order chi connectivity index (χ0) is 14.2. The van der Waals surface area contributed by atoms with Crippen molar-refractivity contribution in [1.29, 1.82) is 0 Å². The van der Waals surface area contributed by atoms with E-state index in [-0.39, 0.29) is 5.92 Å². The fourth-order valence-electron chi connectivity index (χ4n) is 2.13. The molecule has 0 atom stereocenters. The Labute approximate surface area is 118 Å². The summed E-state index contributed by atoms with van der Waals surface area (Å²) >= 11 is 0. The molecular weight excluding hydrogens is 252 g/mol. The predicted molar refractivity (Wildman–Crippen MR) is 76.2 cm³/mol. The van der Waals surface area contributed by atoms with Crippen LogP contribution in [-0.4, -0.2) is 21.0 Å². The second-order valence-electron chi connectivity index (χ2n) is 4.75. The summed E-state index contributed by atoms with van der Waals surface area (Å²) in [6.45, 7) is 0. The molecule has 2 heterocycles. The molecule has 0 aliphatic heterocycles. The largest absolute Gasteiger partial charge is 0.481 e. The molecule has 0 unspecified atom stereocenters. The summed E-state index contributed by atoms with van der Waals surface area (Å²) < 4.78 is 0. The average Bonchev–Trinajstić information content (AvgIpc) is 2.49. The topological polar surface area (TPSA) is 63.1 Å². The minimum Gasteiger partial charge on any atom is -0.481 e. The molecule has 0 aliphatic rings. The van der Waals surface area contributed by atoms with Crippen molar-refractivity contribution >= 4 is 5.97 Å². The van der Waals surface area contributed by atoms with E-state index in [1.54, 1.807) is 12.4 Å². The Morgan fingerprint density at radius 3 is 1.80 bits per heavy atom. The molecule has 1 N–H and O–H groups in total. The van der Waals surface area contributed by atoms with E-state index in [0.717, 1.165) is 11.4 Å². The third-order valence-electron chi connectivity index (χ3n) is 3.30. The molecule has 0 spiro atoms. The van der Waals surface area contributed by atoms with Crippen LogP contribution in [0, 0.1) is 5.92 Å². The Kier molecular flexibility index (Phi) is 5.24. The van der Waals surface area contributed by atoms with Gasteiger partial charge in [-0.1, -0.05) is 12.1 Å². The lowest BCUT2D eigenvalue weighted by Gasteiger charge is -2.11. The number of aromatic nitrogens is 2. The van der Waals surface area contributed by atoms with Gasteiger partial charge >= 0.3 is 5.97 Å². The normalized spacial score (nSPS) is 10.7. The van der Waals surface area contributed by atoms with Crippen LogP contribution in [0.15, 0.2) is 48.8 Å². The number of aryl methyl sites for hydroxylation is 2. The summed E-state index contributed by atoms with van der Waals surface area (Å²) in [6, 6.07) is 11.4. The van der Waals surface area contributed by atoms with Crippen molar-refractivity contribution in [2.75, 3.05) is 0 Å². The number of hydrogen-bond acceptors (Lipinski definition) is 3. The van der Waals surface area contributed by atoms with Crippen LogP contribution >= 0.6 is 0 Å². The van der Waals surface area contributed by atoms with Gasteiger partial charge in [0.2, 0.25) is 0 Å². The van der Waals surface area contributed by atoms with E-state index in [2.05, 4.69) is 9.97 Å². The van der Waals surface area contributed by atoms with Crippen molar-refractivity contribution in [3.63, 3.8) is 0 Å². The molecule has 2 aromatic heterocycles. The number of carbonyl (C=O) groups is 1. The van der Waals surface area contributed by atoms with Crippen LogP contribution in [0.2, 0.25) is 0 Å². The highest BCUT2D eigenvalue weighted by molar-refractivity contribution is 5.69. The van der Waals surface area contributed by atoms with E-state index in [0.29, 0.717) is 25.7 Å². The molecule has 0 fully saturated rings. The van der Waals surface area contributed by atoms with Crippen LogP contribution in [0.5, 0.6) is 0 Å². The van der Waals surface area contributed by atoms with Crippen LogP contribution in [0.25, 0.3) is 0 Å². The number of carboxylic acid groups (broad SMARTS) is 1. The van der Waals surface area contributed by atoms with Gasteiger partial charge in [0.15, 0.2) is 0 Å². The highest BCUT2D eigenvalue weighted by Gasteiger charge is 2.17. The lowest BCUT2D eigenvalue weighted by molar-refractivity contribution is -0.142. The lowest BCUT2D eigenvalue weighted by Crippen LogP contribution is -2.16. The average molecular weight is 270 g/mol. The zero-order valence-electron chi connectivity index (χ0n) is 11.3. The van der Waals surface area contributed by atoms with E-state index in [9.17, 15) is 9.90 Å². The molecule has 0 aliphatic carbocycles. The molecule has 0 saturated carbocycles. The summed E-state index contributed by atoms with van der Waals surface area (Å²) in [4.78, 5) is 19.7. The fraction of sp³-hybridized carbons (Fsp3) is 0.312. The first-order valence-corrected chi connectivity index (χ1v) is 6.78. The van der Waals surface area contributed by atoms with Crippen LogP contribution < -0.4 is 0 Å². The van der Waals surface area contributed by atoms with E-state index in [4.69, 9.17) is 0 Å². The summed E-state index contributed by atoms with van der Waals surface area (Å²) in [5.74, 6) is -1.09. The quantitative estimate of drug-likeness (QED) is 0.840. The Hall–Kier alpha value is -2.23. The van der Waals surface area contributed by atoms with Crippen molar-refractivity contribution in [2.45, 2.75) is 25.7 Å². The number of aliphatic carboxylic acids is 1. The van der Waals surface area contributed by atoms with Crippen molar-refractivity contribution < 1.29 is 9.90 Å². The number of nitrogens with zero attached hydrogens (tertiary/aromatic N) is 2. The molecule has 104 valence electrons. The Balaban J connectivity index is 1.86. The Morgan fingerprint density at radius 1 is 0.950 bits per heavy atom. The predicted octanol–water partition coefficient (Wildman–Crippen LogP) is 2.74. The second-order valence-corrected chi connectivity index (χ2v) is 4.75. The summed E-state index contributed by atoms with van der Waals surface area (Å²) in [6.07, 6.45) is 6.08. The van der Waals surface area contributed by atoms with Crippen molar-refractivity contribution in [3.05, 3.63) is 60.2 Å². The van der Waals surface area contributed by atoms with Gasteiger partial charge in [-0.15, -0.1) is 0 Å². The van der Waals surface area contributed by atoms with E-state index >= 15 is 0 Å². The van der Waals surface area contributed by atoms with Gasteiger partial charge in [-0.05, 0) is 49.9 Å². The molecule has 4 heteroatoms. The van der Waals surface area contributed by atoms with E-state index in [1.807, 2.05) is 36.4 Å². The number of pyridine rings is 2. The van der Waals surface area contributed by atoms with Crippen molar-refractivity contribution in [1.82, 2.24) is 9.97 Å². The zero-order valence-corrected chi connectivity index (χ0v) is 11.3. The molecule has 0 bridgehead atoms. The van der Waals surface area contributed by atoms with Gasteiger partial charge in [0.25, 0.3) is 0 Å². The first-order chi connectivity index (χ1) is 9.75. The smallest absolute Gasteiger partial charge is 0.306 e. The van der Waals surface area contributed by atoms with Crippen LogP contribution in [-0.2, 0) is 17.6 Å². The molecule has 20 heavy (non-hydrogen) atoms. The SMILES string of the molecule is O=C(O)C(CCc1ccccn1)CCc1ccccn1. The molecule has 0 aromatic carbocycles. The maximum atomic E-state index is 11.3. The van der Waals surface area contributed by atoms with Gasteiger partial charge in [0, 0.05) is 23.8 Å². The molecule has 0 radical (unpaired) electrons. The van der Waals surface area contributed by atoms with Crippen LogP contribution in [0.4, 0.5) is 0 Å². The van der Waals surface area contributed by atoms with Gasteiger partial charge in [0.05, 0.1) is 5.92 Å². The van der Waals surface area contributed by atoms with Gasteiger partial charge in [-0.3, -0.25) is 14.8 Å². The van der Waals surface area contributed by atoms with Crippen LogP contribution in [0.3, 0.4) is 0 Å². The van der Waals surface area contributed by atoms with Gasteiger partial charge < -0.3 is 5.11 Å². The maximum absolute atomic E-state index is 11.3. The second kappa shape index (κ2) is 7.38. The molecule has 2 aromatic rings. The molecule has 0 saturated heterocycles. The van der Waals surface area contributed by atoms with Crippen molar-refractivity contribution in [3.8, 4) is 0 Å². The standard InChI is InChI=1S/C16H18N2O2/c19-16(20)13(7-9-14-5-1-3-11-17-14)8-10-15-6-2-4-12-18-15/h1-6,11-13H,7-10H2,(H,19,20). The van der Waals surface area contributed by atoms with E-state index in [1.165, 1.54) is 0 Å². The lowest BCUT2D eigenvalue weighted by atomic mass is 9.95. The van der Waals surface area contributed by atoms with E-state index < -0.39 is 5.97 Å². The molecule has 2 rings (SSSR count).